The number of rotatable bonds is 4. The highest BCUT2D eigenvalue weighted by molar-refractivity contribution is 5.88. The Balaban J connectivity index is 1.18. The molecule has 0 amide bonds. The van der Waals surface area contributed by atoms with E-state index in [-0.39, 0.29) is 5.41 Å². The quantitative estimate of drug-likeness (QED) is 0.198. The Labute approximate surface area is 272 Å². The smallest absolute Gasteiger partial charge is 0.182 e. The molecule has 47 heavy (non-hydrogen) atoms. The van der Waals surface area contributed by atoms with Gasteiger partial charge in [-0.25, -0.2) is 15.0 Å². The van der Waals surface area contributed by atoms with E-state index in [0.717, 1.165) is 22.3 Å². The molecule has 3 heterocycles. The molecule has 0 bridgehead atoms. The van der Waals surface area contributed by atoms with Crippen molar-refractivity contribution in [1.82, 2.24) is 19.9 Å². The van der Waals surface area contributed by atoms with E-state index < -0.39 is 0 Å². The van der Waals surface area contributed by atoms with Gasteiger partial charge in [0, 0.05) is 28.3 Å². The van der Waals surface area contributed by atoms with Gasteiger partial charge in [0.15, 0.2) is 40.5 Å². The number of para-hydroxylation sites is 1. The number of fused-ring (bicyclic) bond motifs is 5. The second-order valence-corrected chi connectivity index (χ2v) is 12.3. The lowest BCUT2D eigenvalue weighted by atomic mass is 9.82. The summed E-state index contributed by atoms with van der Waals surface area (Å²) in [5, 5.41) is 0. The average molecular weight is 609 g/mol. The third-order valence-corrected chi connectivity index (χ3v) is 9.08. The lowest BCUT2D eigenvalue weighted by Crippen LogP contribution is -2.15. The molecule has 0 radical (unpaired) electrons. The summed E-state index contributed by atoms with van der Waals surface area (Å²) >= 11 is 0. The standard InChI is InChI=1S/C41H28N4O2/c1-41(2)31-19-9-8-16-27(31)30-23-35-36(24-32(30)41)47-37-28(18-12-21-34(37)46-35)26-15-6-7-17-29(26)39-43-38(25-13-4-3-5-14-25)44-40(45-39)33-20-10-11-22-42-33/h3-24H,1-2H3. The Hall–Kier alpha value is -6.14. The van der Waals surface area contributed by atoms with Crippen LogP contribution in [0.5, 0.6) is 23.0 Å². The van der Waals surface area contributed by atoms with Crippen LogP contribution in [0.3, 0.4) is 0 Å². The Morgan fingerprint density at radius 3 is 1.98 bits per heavy atom. The number of aromatic nitrogens is 4. The van der Waals surface area contributed by atoms with E-state index in [0.29, 0.717) is 46.2 Å². The molecule has 7 aromatic rings. The van der Waals surface area contributed by atoms with Crippen molar-refractivity contribution in [2.75, 3.05) is 0 Å². The van der Waals surface area contributed by atoms with Gasteiger partial charge in [0.2, 0.25) is 0 Å². The van der Waals surface area contributed by atoms with Gasteiger partial charge in [0.1, 0.15) is 5.69 Å². The van der Waals surface area contributed by atoms with Crippen LogP contribution >= 0.6 is 0 Å². The van der Waals surface area contributed by atoms with Gasteiger partial charge in [0.05, 0.1) is 0 Å². The molecule has 2 aromatic heterocycles. The molecule has 0 unspecified atom stereocenters. The minimum atomic E-state index is -0.156. The highest BCUT2D eigenvalue weighted by atomic mass is 16.6. The van der Waals surface area contributed by atoms with E-state index in [1.165, 1.54) is 22.3 Å². The predicted octanol–water partition coefficient (Wildman–Crippen LogP) is 10.1. The Morgan fingerprint density at radius 2 is 1.15 bits per heavy atom. The molecule has 6 nitrogen and oxygen atoms in total. The summed E-state index contributed by atoms with van der Waals surface area (Å²) in [6, 6.07) is 42.6. The zero-order valence-corrected chi connectivity index (χ0v) is 25.8. The topological polar surface area (TPSA) is 70.0 Å². The summed E-state index contributed by atoms with van der Waals surface area (Å²) in [6.07, 6.45) is 1.75. The van der Waals surface area contributed by atoms with Crippen molar-refractivity contribution in [3.8, 4) is 79.5 Å². The van der Waals surface area contributed by atoms with Gasteiger partial charge in [-0.2, -0.15) is 0 Å². The first-order chi connectivity index (χ1) is 23.0. The number of nitrogens with zero attached hydrogens (tertiary/aromatic N) is 4. The lowest BCUT2D eigenvalue weighted by Gasteiger charge is -2.26. The van der Waals surface area contributed by atoms with Gasteiger partial charge in [0.25, 0.3) is 0 Å². The van der Waals surface area contributed by atoms with Crippen molar-refractivity contribution in [2.45, 2.75) is 19.3 Å². The molecular weight excluding hydrogens is 580 g/mol. The predicted molar refractivity (Wildman–Crippen MR) is 184 cm³/mol. The normalized spacial score (nSPS) is 13.4. The average Bonchev–Trinajstić information content (AvgIpc) is 3.35. The number of hydrogen-bond donors (Lipinski definition) is 0. The number of benzene rings is 5. The molecule has 0 N–H and O–H groups in total. The lowest BCUT2D eigenvalue weighted by molar-refractivity contribution is 0.360. The SMILES string of the molecule is CC1(C)c2ccccc2-c2cc3c(cc21)Oc1c(cccc1-c1ccccc1-c1nc(-c2ccccc2)nc(-c2ccccn2)n1)O3. The molecule has 1 aliphatic heterocycles. The molecule has 6 heteroatoms. The van der Waals surface area contributed by atoms with Crippen LogP contribution in [0.4, 0.5) is 0 Å². The summed E-state index contributed by atoms with van der Waals surface area (Å²) in [7, 11) is 0. The van der Waals surface area contributed by atoms with Gasteiger partial charge in [-0.05, 0) is 58.1 Å². The van der Waals surface area contributed by atoms with Crippen LogP contribution in [-0.4, -0.2) is 19.9 Å². The van der Waals surface area contributed by atoms with Crippen molar-refractivity contribution < 1.29 is 9.47 Å². The third kappa shape index (κ3) is 4.41. The van der Waals surface area contributed by atoms with E-state index >= 15 is 0 Å². The zero-order chi connectivity index (χ0) is 31.5. The van der Waals surface area contributed by atoms with E-state index in [4.69, 9.17) is 24.4 Å². The Bertz CT molecular complexity index is 2280. The van der Waals surface area contributed by atoms with Crippen LogP contribution in [-0.2, 0) is 5.41 Å². The second kappa shape index (κ2) is 10.5. The van der Waals surface area contributed by atoms with Crippen LogP contribution in [0.15, 0.2) is 134 Å². The maximum absolute atomic E-state index is 6.77. The van der Waals surface area contributed by atoms with Gasteiger partial charge >= 0.3 is 0 Å². The molecule has 0 atom stereocenters. The molecule has 5 aromatic carbocycles. The van der Waals surface area contributed by atoms with Gasteiger partial charge < -0.3 is 9.47 Å². The first-order valence-corrected chi connectivity index (χ1v) is 15.6. The van der Waals surface area contributed by atoms with Crippen molar-refractivity contribution in [2.24, 2.45) is 0 Å². The summed E-state index contributed by atoms with van der Waals surface area (Å²) < 4.78 is 13.3. The molecule has 9 rings (SSSR count). The summed E-state index contributed by atoms with van der Waals surface area (Å²) in [5.74, 6) is 4.35. The van der Waals surface area contributed by atoms with Gasteiger partial charge in [-0.3, -0.25) is 4.98 Å². The van der Waals surface area contributed by atoms with E-state index in [1.807, 2.05) is 78.9 Å². The van der Waals surface area contributed by atoms with Gasteiger partial charge in [-0.1, -0.05) is 111 Å². The number of ether oxygens (including phenoxy) is 2. The molecule has 0 spiro atoms. The fourth-order valence-electron chi connectivity index (χ4n) is 6.74. The molecule has 2 aliphatic rings. The van der Waals surface area contributed by atoms with Crippen LogP contribution in [0.1, 0.15) is 25.0 Å². The molecular formula is C41H28N4O2. The first-order valence-electron chi connectivity index (χ1n) is 15.6. The van der Waals surface area contributed by atoms with E-state index in [9.17, 15) is 0 Å². The number of pyridine rings is 1. The fraction of sp³-hybridized carbons (Fsp3) is 0.0732. The van der Waals surface area contributed by atoms with Crippen LogP contribution in [0.2, 0.25) is 0 Å². The monoisotopic (exact) mass is 608 g/mol. The highest BCUT2D eigenvalue weighted by Gasteiger charge is 2.37. The minimum Gasteiger partial charge on any atom is -0.449 e. The first kappa shape index (κ1) is 27.2. The van der Waals surface area contributed by atoms with Crippen LogP contribution in [0, 0.1) is 0 Å². The zero-order valence-electron chi connectivity index (χ0n) is 25.8. The molecule has 224 valence electrons. The highest BCUT2D eigenvalue weighted by Crippen LogP contribution is 2.56. The largest absolute Gasteiger partial charge is 0.449 e. The van der Waals surface area contributed by atoms with E-state index in [2.05, 4.69) is 67.4 Å². The van der Waals surface area contributed by atoms with Gasteiger partial charge in [-0.15, -0.1) is 0 Å². The molecule has 1 aliphatic carbocycles. The summed E-state index contributed by atoms with van der Waals surface area (Å²) in [6.45, 7) is 4.53. The van der Waals surface area contributed by atoms with Crippen molar-refractivity contribution >= 4 is 0 Å². The van der Waals surface area contributed by atoms with Crippen molar-refractivity contribution in [3.63, 3.8) is 0 Å². The number of hydrogen-bond acceptors (Lipinski definition) is 6. The maximum Gasteiger partial charge on any atom is 0.182 e. The summed E-state index contributed by atoms with van der Waals surface area (Å²) in [5.41, 5.74) is 9.02. The van der Waals surface area contributed by atoms with Crippen molar-refractivity contribution in [1.29, 1.82) is 0 Å². The molecule has 0 saturated heterocycles. The molecule has 0 saturated carbocycles. The minimum absolute atomic E-state index is 0.156. The fourth-order valence-corrected chi connectivity index (χ4v) is 6.74. The second-order valence-electron chi connectivity index (χ2n) is 12.3. The Morgan fingerprint density at radius 1 is 0.468 bits per heavy atom. The molecule has 0 fully saturated rings. The van der Waals surface area contributed by atoms with E-state index in [1.54, 1.807) is 6.20 Å². The van der Waals surface area contributed by atoms with Crippen LogP contribution in [0.25, 0.3) is 56.5 Å². The summed E-state index contributed by atoms with van der Waals surface area (Å²) in [4.78, 5) is 19.3. The third-order valence-electron chi connectivity index (χ3n) is 9.08. The van der Waals surface area contributed by atoms with Crippen LogP contribution < -0.4 is 9.47 Å². The van der Waals surface area contributed by atoms with Crippen molar-refractivity contribution in [3.05, 3.63) is 145 Å². The maximum atomic E-state index is 6.77. The Kier molecular flexibility index (Phi) is 6.05.